The van der Waals surface area contributed by atoms with Gasteiger partial charge >= 0.3 is 0 Å². The van der Waals surface area contributed by atoms with Gasteiger partial charge in [0.15, 0.2) is 12.0 Å². The Bertz CT molecular complexity index is 573. The van der Waals surface area contributed by atoms with E-state index in [0.29, 0.717) is 23.5 Å². The second kappa shape index (κ2) is 4.74. The van der Waals surface area contributed by atoms with Crippen LogP contribution in [0.5, 0.6) is 0 Å². The third-order valence-corrected chi connectivity index (χ3v) is 2.21. The largest absolute Gasteiger partial charge is 0.343 e. The van der Waals surface area contributed by atoms with Crippen molar-refractivity contribution in [3.05, 3.63) is 35.9 Å². The molecule has 0 aliphatic carbocycles. The summed E-state index contributed by atoms with van der Waals surface area (Å²) in [5, 5.41) is 4.07. The fourth-order valence-corrected chi connectivity index (χ4v) is 1.29. The minimum absolute atomic E-state index is 0.196. The molecule has 0 saturated carbocycles. The van der Waals surface area contributed by atoms with Crippen LogP contribution in [0.15, 0.2) is 24.7 Å². The molecule has 7 nitrogen and oxygen atoms in total. The van der Waals surface area contributed by atoms with Gasteiger partial charge < -0.3 is 4.90 Å². The van der Waals surface area contributed by atoms with Crippen LogP contribution in [-0.2, 0) is 0 Å². The first kappa shape index (κ1) is 11.9. The van der Waals surface area contributed by atoms with Gasteiger partial charge in [0.05, 0.1) is 5.56 Å². The smallest absolute Gasteiger partial charge is 0.273 e. The van der Waals surface area contributed by atoms with Crippen LogP contribution < -0.4 is 0 Å². The molecular weight excluding hydrogens is 234 g/mol. The number of hydrogen-bond donors (Lipinski definition) is 0. The molecule has 0 radical (unpaired) electrons. The molecule has 0 fully saturated rings. The topological polar surface area (TPSA) is 81.0 Å². The van der Waals surface area contributed by atoms with Crippen molar-refractivity contribution in [2.75, 3.05) is 14.1 Å². The van der Waals surface area contributed by atoms with Crippen LogP contribution in [0.1, 0.15) is 20.8 Å². The van der Waals surface area contributed by atoms with Gasteiger partial charge in [0, 0.05) is 32.7 Å². The molecule has 0 bridgehead atoms. The van der Waals surface area contributed by atoms with Gasteiger partial charge in [-0.05, 0) is 6.07 Å². The van der Waals surface area contributed by atoms with Crippen molar-refractivity contribution in [3.63, 3.8) is 0 Å². The van der Waals surface area contributed by atoms with E-state index in [1.807, 2.05) is 0 Å². The number of aromatic nitrogens is 4. The van der Waals surface area contributed by atoms with Crippen molar-refractivity contribution in [2.45, 2.75) is 0 Å². The number of amides is 1. The zero-order chi connectivity index (χ0) is 13.1. The van der Waals surface area contributed by atoms with Crippen molar-refractivity contribution in [1.82, 2.24) is 24.6 Å². The Hall–Kier alpha value is -2.57. The van der Waals surface area contributed by atoms with Crippen molar-refractivity contribution < 1.29 is 9.59 Å². The van der Waals surface area contributed by atoms with Crippen LogP contribution in [0.4, 0.5) is 0 Å². The highest BCUT2D eigenvalue weighted by Crippen LogP contribution is 2.03. The van der Waals surface area contributed by atoms with Gasteiger partial charge in [0.2, 0.25) is 5.95 Å². The molecule has 1 amide bonds. The summed E-state index contributed by atoms with van der Waals surface area (Å²) in [5.41, 5.74) is 0.693. The lowest BCUT2D eigenvalue weighted by molar-refractivity contribution is 0.0821. The standard InChI is InChI=1S/C11H11N5O2/c1-15(2)10(18)9-3-4-16(14-9)11-12-5-8(7-17)6-13-11/h3-7H,1-2H3. The summed E-state index contributed by atoms with van der Waals surface area (Å²) in [6.07, 6.45) is 5.04. The molecule has 0 aliphatic rings. The molecule has 0 aliphatic heterocycles. The maximum absolute atomic E-state index is 11.7. The molecule has 0 saturated heterocycles. The number of nitrogens with zero attached hydrogens (tertiary/aromatic N) is 5. The summed E-state index contributed by atoms with van der Waals surface area (Å²) < 4.78 is 1.38. The third kappa shape index (κ3) is 2.24. The molecule has 2 aromatic rings. The van der Waals surface area contributed by atoms with Gasteiger partial charge in [-0.3, -0.25) is 9.59 Å². The predicted molar refractivity (Wildman–Crippen MR) is 62.6 cm³/mol. The van der Waals surface area contributed by atoms with E-state index in [1.54, 1.807) is 26.4 Å². The van der Waals surface area contributed by atoms with Gasteiger partial charge in [-0.25, -0.2) is 14.6 Å². The highest BCUT2D eigenvalue weighted by molar-refractivity contribution is 5.91. The van der Waals surface area contributed by atoms with Crippen LogP contribution in [-0.4, -0.2) is 50.9 Å². The van der Waals surface area contributed by atoms with Crippen molar-refractivity contribution in [3.8, 4) is 5.95 Å². The summed E-state index contributed by atoms with van der Waals surface area (Å²) in [6, 6.07) is 1.58. The highest BCUT2D eigenvalue weighted by Gasteiger charge is 2.12. The van der Waals surface area contributed by atoms with E-state index in [2.05, 4.69) is 15.1 Å². The first-order chi connectivity index (χ1) is 8.61. The van der Waals surface area contributed by atoms with Gasteiger partial charge in [-0.2, -0.15) is 5.10 Å². The van der Waals surface area contributed by atoms with Gasteiger partial charge in [-0.1, -0.05) is 0 Å². The van der Waals surface area contributed by atoms with Gasteiger partial charge in [0.25, 0.3) is 5.91 Å². The first-order valence-electron chi connectivity index (χ1n) is 5.16. The molecule has 2 rings (SSSR count). The molecule has 0 aromatic carbocycles. The molecule has 0 spiro atoms. The van der Waals surface area contributed by atoms with Crippen LogP contribution >= 0.6 is 0 Å². The Morgan fingerprint density at radius 1 is 1.33 bits per heavy atom. The van der Waals surface area contributed by atoms with Crippen molar-refractivity contribution >= 4 is 12.2 Å². The summed E-state index contributed by atoms with van der Waals surface area (Å²) in [6.45, 7) is 0. The normalized spacial score (nSPS) is 10.1. The van der Waals surface area contributed by atoms with Crippen LogP contribution in [0.2, 0.25) is 0 Å². The number of carbonyl (C=O) groups excluding carboxylic acids is 2. The van der Waals surface area contributed by atoms with E-state index in [1.165, 1.54) is 22.0 Å². The van der Waals surface area contributed by atoms with E-state index in [9.17, 15) is 9.59 Å². The Kier molecular flexibility index (Phi) is 3.13. The summed E-state index contributed by atoms with van der Waals surface area (Å²) >= 11 is 0. The minimum atomic E-state index is -0.196. The fraction of sp³-hybridized carbons (Fsp3) is 0.182. The first-order valence-corrected chi connectivity index (χ1v) is 5.16. The Balaban J connectivity index is 2.28. The van der Waals surface area contributed by atoms with E-state index in [0.717, 1.165) is 0 Å². The zero-order valence-electron chi connectivity index (χ0n) is 9.94. The minimum Gasteiger partial charge on any atom is -0.343 e. The third-order valence-electron chi connectivity index (χ3n) is 2.21. The molecule has 0 N–H and O–H groups in total. The molecule has 7 heteroatoms. The van der Waals surface area contributed by atoms with Crippen LogP contribution in [0.3, 0.4) is 0 Å². The Morgan fingerprint density at radius 3 is 2.56 bits per heavy atom. The van der Waals surface area contributed by atoms with Crippen LogP contribution in [0, 0.1) is 0 Å². The Morgan fingerprint density at radius 2 is 2.00 bits per heavy atom. The summed E-state index contributed by atoms with van der Waals surface area (Å²) in [5.74, 6) is 0.108. The lowest BCUT2D eigenvalue weighted by atomic mass is 10.4. The van der Waals surface area contributed by atoms with E-state index < -0.39 is 0 Å². The summed E-state index contributed by atoms with van der Waals surface area (Å²) in [4.78, 5) is 31.5. The molecule has 18 heavy (non-hydrogen) atoms. The lowest BCUT2D eigenvalue weighted by Gasteiger charge is -2.06. The molecule has 0 unspecified atom stereocenters. The van der Waals surface area contributed by atoms with E-state index >= 15 is 0 Å². The van der Waals surface area contributed by atoms with E-state index in [-0.39, 0.29) is 5.91 Å². The maximum Gasteiger partial charge on any atom is 0.273 e. The monoisotopic (exact) mass is 245 g/mol. The second-order valence-corrected chi connectivity index (χ2v) is 3.78. The van der Waals surface area contributed by atoms with Gasteiger partial charge in [0.1, 0.15) is 0 Å². The number of carbonyl (C=O) groups is 2. The molecule has 2 aromatic heterocycles. The van der Waals surface area contributed by atoms with Gasteiger partial charge in [-0.15, -0.1) is 0 Å². The predicted octanol–water partition coefficient (Wildman–Crippen LogP) is 0.177. The number of aldehydes is 1. The SMILES string of the molecule is CN(C)C(=O)c1ccn(-c2ncc(C=O)cn2)n1. The molecule has 2 heterocycles. The highest BCUT2D eigenvalue weighted by atomic mass is 16.2. The van der Waals surface area contributed by atoms with E-state index in [4.69, 9.17) is 0 Å². The molecular formula is C11H11N5O2. The van der Waals surface area contributed by atoms with Crippen molar-refractivity contribution in [2.24, 2.45) is 0 Å². The second-order valence-electron chi connectivity index (χ2n) is 3.78. The zero-order valence-corrected chi connectivity index (χ0v) is 9.94. The average Bonchev–Trinajstić information content (AvgIpc) is 2.87. The molecule has 0 atom stereocenters. The number of hydrogen-bond acceptors (Lipinski definition) is 5. The van der Waals surface area contributed by atoms with Crippen molar-refractivity contribution in [1.29, 1.82) is 0 Å². The quantitative estimate of drug-likeness (QED) is 0.720. The average molecular weight is 245 g/mol. The van der Waals surface area contributed by atoms with Crippen LogP contribution in [0.25, 0.3) is 5.95 Å². The number of rotatable bonds is 3. The molecule has 92 valence electrons. The Labute approximate surface area is 103 Å². The maximum atomic E-state index is 11.7. The lowest BCUT2D eigenvalue weighted by Crippen LogP contribution is -2.22. The fourth-order valence-electron chi connectivity index (χ4n) is 1.29. The summed E-state index contributed by atoms with van der Waals surface area (Å²) in [7, 11) is 3.30.